The SMILES string of the molecule is CC.CN1CCN(c2cnc3c(ccc4sc5c(c43)NCCNC5=O)n2)CC1. The highest BCUT2D eigenvalue weighted by molar-refractivity contribution is 7.21. The third kappa shape index (κ3) is 3.27. The molecule has 0 radical (unpaired) electrons. The van der Waals surface area contributed by atoms with E-state index in [1.165, 1.54) is 11.3 Å². The molecule has 1 amide bonds. The highest BCUT2D eigenvalue weighted by Crippen LogP contribution is 2.40. The number of rotatable bonds is 1. The lowest BCUT2D eigenvalue weighted by Gasteiger charge is -2.33. The molecule has 0 spiro atoms. The van der Waals surface area contributed by atoms with Gasteiger partial charge in [0, 0.05) is 49.4 Å². The van der Waals surface area contributed by atoms with Gasteiger partial charge in [-0.2, -0.15) is 0 Å². The highest BCUT2D eigenvalue weighted by Gasteiger charge is 2.23. The van der Waals surface area contributed by atoms with Crippen LogP contribution in [0.3, 0.4) is 0 Å². The molecule has 1 aromatic carbocycles. The van der Waals surface area contributed by atoms with Gasteiger partial charge in [-0.05, 0) is 19.2 Å². The lowest BCUT2D eigenvalue weighted by Crippen LogP contribution is -2.44. The number of anilines is 2. The lowest BCUT2D eigenvalue weighted by molar-refractivity contribution is 0.0962. The highest BCUT2D eigenvalue weighted by atomic mass is 32.1. The smallest absolute Gasteiger partial charge is 0.263 e. The summed E-state index contributed by atoms with van der Waals surface area (Å²) in [6, 6.07) is 4.06. The molecule has 2 aromatic heterocycles. The normalized spacial score (nSPS) is 17.4. The molecule has 1 fully saturated rings. The van der Waals surface area contributed by atoms with Crippen LogP contribution < -0.4 is 15.5 Å². The fourth-order valence-corrected chi connectivity index (χ4v) is 4.72. The summed E-state index contributed by atoms with van der Waals surface area (Å²) in [5.41, 5.74) is 2.63. The standard InChI is InChI=1S/C18H20N6OS.C2H6/c1-23-6-8-24(9-7-23)13-10-21-15-11(22-13)2-3-12-14(15)16-17(26-12)18(25)20-5-4-19-16;1-2/h2-3,10,19H,4-9H2,1H3,(H,20,25);1-2H3. The predicted molar refractivity (Wildman–Crippen MR) is 117 cm³/mol. The molecule has 4 heterocycles. The van der Waals surface area contributed by atoms with Gasteiger partial charge in [-0.3, -0.25) is 4.79 Å². The first-order valence-electron chi connectivity index (χ1n) is 9.88. The zero-order chi connectivity index (χ0) is 19.7. The summed E-state index contributed by atoms with van der Waals surface area (Å²) in [7, 11) is 2.14. The quantitative estimate of drug-likeness (QED) is 0.657. The molecule has 2 aliphatic heterocycles. The lowest BCUT2D eigenvalue weighted by atomic mass is 10.1. The van der Waals surface area contributed by atoms with Gasteiger partial charge in [-0.1, -0.05) is 13.8 Å². The molecule has 28 heavy (non-hydrogen) atoms. The monoisotopic (exact) mass is 398 g/mol. The zero-order valence-electron chi connectivity index (χ0n) is 16.6. The van der Waals surface area contributed by atoms with Crippen LogP contribution in [0.4, 0.5) is 11.5 Å². The number of nitrogens with zero attached hydrogens (tertiary/aromatic N) is 4. The number of nitrogens with one attached hydrogen (secondary N) is 2. The van der Waals surface area contributed by atoms with Crippen molar-refractivity contribution >= 4 is 49.9 Å². The number of fused-ring (bicyclic) bond motifs is 5. The molecule has 7 nitrogen and oxygen atoms in total. The number of carbonyl (C=O) groups is 1. The Morgan fingerprint density at radius 1 is 1.07 bits per heavy atom. The van der Waals surface area contributed by atoms with E-state index in [1.807, 2.05) is 32.2 Å². The molecular formula is C20H26N6OS. The van der Waals surface area contributed by atoms with Gasteiger partial charge in [0.15, 0.2) is 0 Å². The molecule has 0 atom stereocenters. The van der Waals surface area contributed by atoms with Gasteiger partial charge in [0.25, 0.3) is 5.91 Å². The number of aromatic nitrogens is 2. The second-order valence-electron chi connectivity index (χ2n) is 6.81. The Morgan fingerprint density at radius 2 is 1.82 bits per heavy atom. The Kier molecular flexibility index (Phi) is 5.32. The van der Waals surface area contributed by atoms with Crippen LogP contribution in [0.5, 0.6) is 0 Å². The summed E-state index contributed by atoms with van der Waals surface area (Å²) < 4.78 is 1.06. The van der Waals surface area contributed by atoms with Gasteiger partial charge in [0.1, 0.15) is 10.7 Å². The maximum Gasteiger partial charge on any atom is 0.263 e. The van der Waals surface area contributed by atoms with Crippen LogP contribution in [0.2, 0.25) is 0 Å². The molecule has 0 aliphatic carbocycles. The van der Waals surface area contributed by atoms with Crippen LogP contribution in [0.25, 0.3) is 21.1 Å². The Labute approximate surface area is 168 Å². The number of amides is 1. The van der Waals surface area contributed by atoms with E-state index in [1.54, 1.807) is 0 Å². The second-order valence-corrected chi connectivity index (χ2v) is 7.87. The number of hydrogen-bond acceptors (Lipinski definition) is 7. The van der Waals surface area contributed by atoms with E-state index in [9.17, 15) is 4.79 Å². The summed E-state index contributed by atoms with van der Waals surface area (Å²) in [6.45, 7) is 9.36. The van der Waals surface area contributed by atoms with Crippen LogP contribution in [-0.2, 0) is 0 Å². The molecular weight excluding hydrogens is 372 g/mol. The fraction of sp³-hybridized carbons (Fsp3) is 0.450. The molecule has 5 rings (SSSR count). The molecule has 1 saturated heterocycles. The molecule has 0 unspecified atom stereocenters. The van der Waals surface area contributed by atoms with Crippen LogP contribution >= 0.6 is 11.3 Å². The van der Waals surface area contributed by atoms with Crippen LogP contribution in [0.1, 0.15) is 23.5 Å². The first-order valence-corrected chi connectivity index (χ1v) is 10.7. The van der Waals surface area contributed by atoms with E-state index < -0.39 is 0 Å². The number of piperazine rings is 1. The van der Waals surface area contributed by atoms with E-state index in [0.717, 1.165) is 63.7 Å². The number of thiophene rings is 1. The van der Waals surface area contributed by atoms with Crippen molar-refractivity contribution in [3.8, 4) is 0 Å². The van der Waals surface area contributed by atoms with Crippen LogP contribution in [0.15, 0.2) is 18.3 Å². The molecule has 2 N–H and O–H groups in total. The van der Waals surface area contributed by atoms with Gasteiger partial charge < -0.3 is 20.4 Å². The Bertz CT molecular complexity index is 1010. The Balaban J connectivity index is 0.000000932. The Morgan fingerprint density at radius 3 is 2.61 bits per heavy atom. The molecule has 3 aromatic rings. The van der Waals surface area contributed by atoms with E-state index in [0.29, 0.717) is 13.1 Å². The minimum Gasteiger partial charge on any atom is -0.381 e. The van der Waals surface area contributed by atoms with Crippen LogP contribution in [-0.4, -0.2) is 67.1 Å². The summed E-state index contributed by atoms with van der Waals surface area (Å²) in [6.07, 6.45) is 1.87. The van der Waals surface area contributed by atoms with Crippen molar-refractivity contribution in [3.63, 3.8) is 0 Å². The molecule has 8 heteroatoms. The largest absolute Gasteiger partial charge is 0.381 e. The summed E-state index contributed by atoms with van der Waals surface area (Å²) in [4.78, 5) is 27.3. The molecule has 2 aliphatic rings. The van der Waals surface area contributed by atoms with Crippen molar-refractivity contribution in [2.45, 2.75) is 13.8 Å². The van der Waals surface area contributed by atoms with E-state index >= 15 is 0 Å². The molecule has 0 saturated carbocycles. The average molecular weight is 399 g/mol. The maximum atomic E-state index is 12.3. The molecule has 0 bridgehead atoms. The predicted octanol–water partition coefficient (Wildman–Crippen LogP) is 2.78. The van der Waals surface area contributed by atoms with Gasteiger partial charge in [0.05, 0.1) is 22.9 Å². The van der Waals surface area contributed by atoms with Crippen molar-refractivity contribution < 1.29 is 4.79 Å². The molecule has 148 valence electrons. The zero-order valence-corrected chi connectivity index (χ0v) is 17.4. The topological polar surface area (TPSA) is 73.4 Å². The van der Waals surface area contributed by atoms with Crippen molar-refractivity contribution in [3.05, 3.63) is 23.2 Å². The number of hydrogen-bond donors (Lipinski definition) is 2. The van der Waals surface area contributed by atoms with E-state index in [4.69, 9.17) is 9.97 Å². The van der Waals surface area contributed by atoms with Gasteiger partial charge in [0.2, 0.25) is 0 Å². The minimum atomic E-state index is -0.0126. The fourth-order valence-electron chi connectivity index (χ4n) is 3.62. The minimum absolute atomic E-state index is 0.0126. The maximum absolute atomic E-state index is 12.3. The second kappa shape index (κ2) is 7.89. The van der Waals surface area contributed by atoms with Crippen molar-refractivity contribution in [1.82, 2.24) is 20.2 Å². The summed E-state index contributed by atoms with van der Waals surface area (Å²) in [5, 5.41) is 7.34. The van der Waals surface area contributed by atoms with Crippen molar-refractivity contribution in [1.29, 1.82) is 0 Å². The van der Waals surface area contributed by atoms with Crippen molar-refractivity contribution in [2.24, 2.45) is 0 Å². The van der Waals surface area contributed by atoms with Crippen molar-refractivity contribution in [2.75, 3.05) is 56.5 Å². The van der Waals surface area contributed by atoms with Crippen LogP contribution in [0, 0.1) is 0 Å². The summed E-state index contributed by atoms with van der Waals surface area (Å²) >= 11 is 1.51. The number of carbonyl (C=O) groups excluding carboxylic acids is 1. The first-order chi connectivity index (χ1) is 13.7. The third-order valence-corrected chi connectivity index (χ3v) is 6.25. The van der Waals surface area contributed by atoms with E-state index in [-0.39, 0.29) is 5.91 Å². The van der Waals surface area contributed by atoms with Gasteiger partial charge in [-0.25, -0.2) is 9.97 Å². The van der Waals surface area contributed by atoms with Gasteiger partial charge >= 0.3 is 0 Å². The number of benzene rings is 1. The van der Waals surface area contributed by atoms with Gasteiger partial charge in [-0.15, -0.1) is 11.3 Å². The Hall–Kier alpha value is -2.45. The number of likely N-dealkylation sites (N-methyl/N-ethyl adjacent to an activating group) is 1. The third-order valence-electron chi connectivity index (χ3n) is 5.10. The van der Waals surface area contributed by atoms with E-state index in [2.05, 4.69) is 27.5 Å². The summed E-state index contributed by atoms with van der Waals surface area (Å²) in [5.74, 6) is 0.915. The average Bonchev–Trinajstić information content (AvgIpc) is 3.02. The first kappa shape index (κ1) is 18.9.